The molecule has 3 fully saturated rings. The lowest BCUT2D eigenvalue weighted by atomic mass is 9.67. The molecule has 0 unspecified atom stereocenters. The fourth-order valence-corrected chi connectivity index (χ4v) is 6.02. The van der Waals surface area contributed by atoms with Crippen molar-refractivity contribution >= 4 is 17.5 Å². The fourth-order valence-electron chi connectivity index (χ4n) is 6.02. The van der Waals surface area contributed by atoms with Crippen LogP contribution in [0.5, 0.6) is 5.75 Å². The first-order chi connectivity index (χ1) is 18.4. The Balaban J connectivity index is 1.07. The molecular weight excluding hydrogens is 478 g/mol. The lowest BCUT2D eigenvalue weighted by Crippen LogP contribution is -2.60. The highest BCUT2D eigenvalue weighted by Gasteiger charge is 2.47. The number of phenolic OH excluding ortho intramolecular Hbond substituents is 1. The van der Waals surface area contributed by atoms with Crippen molar-refractivity contribution in [2.75, 3.05) is 44.3 Å². The summed E-state index contributed by atoms with van der Waals surface area (Å²) in [4.78, 5) is 30.1. The fraction of sp³-hybridized carbons (Fsp3) is 0.484. The maximum absolute atomic E-state index is 13.1. The molecule has 7 heteroatoms. The first-order valence-corrected chi connectivity index (χ1v) is 13.7. The van der Waals surface area contributed by atoms with Crippen molar-refractivity contribution in [3.8, 4) is 17.6 Å². The van der Waals surface area contributed by atoms with Gasteiger partial charge in [-0.05, 0) is 74.6 Å². The summed E-state index contributed by atoms with van der Waals surface area (Å²) in [6.07, 6.45) is 4.22. The summed E-state index contributed by atoms with van der Waals surface area (Å²) in [6, 6.07) is 15.0. The van der Waals surface area contributed by atoms with Crippen LogP contribution in [0.4, 0.5) is 5.69 Å². The van der Waals surface area contributed by atoms with E-state index in [0.29, 0.717) is 6.42 Å². The van der Waals surface area contributed by atoms with Crippen LogP contribution in [0, 0.1) is 17.3 Å². The molecule has 2 aromatic carbocycles. The standard InChI is InChI=1S/C31H37N3O4/c1-2-3-25(23-6-10-28(35)11-7-23)20-29(36)32-26-12-14-31(15-13-26)21-34(22-31)30(37)24-4-8-27(9-5-24)33-16-18-38-19-17-33/h4-11,25-26,35H,12-22H2,1H3,(H,32,36)/t25-/m0/s1. The minimum Gasteiger partial charge on any atom is -0.508 e. The Labute approximate surface area is 225 Å². The minimum absolute atomic E-state index is 0.0118. The van der Waals surface area contributed by atoms with Gasteiger partial charge in [0, 0.05) is 55.3 Å². The Morgan fingerprint density at radius 1 is 1.05 bits per heavy atom. The Hall–Kier alpha value is -3.50. The molecule has 0 aromatic heterocycles. The molecule has 2 heterocycles. The van der Waals surface area contributed by atoms with Crippen LogP contribution in [0.25, 0.3) is 0 Å². The molecular formula is C31H37N3O4. The summed E-state index contributed by atoms with van der Waals surface area (Å²) in [6.45, 7) is 6.63. The normalized spacial score (nSPS) is 19.7. The monoisotopic (exact) mass is 515 g/mol. The van der Waals surface area contributed by atoms with E-state index in [-0.39, 0.29) is 34.9 Å². The summed E-state index contributed by atoms with van der Waals surface area (Å²) in [7, 11) is 0. The molecule has 200 valence electrons. The molecule has 1 saturated carbocycles. The van der Waals surface area contributed by atoms with E-state index < -0.39 is 0 Å². The second-order valence-corrected chi connectivity index (χ2v) is 10.9. The number of amides is 2. The zero-order valence-corrected chi connectivity index (χ0v) is 22.1. The van der Waals surface area contributed by atoms with Gasteiger partial charge >= 0.3 is 0 Å². The van der Waals surface area contributed by atoms with Gasteiger partial charge in [0.05, 0.1) is 19.1 Å². The number of morpholine rings is 1. The first-order valence-electron chi connectivity index (χ1n) is 13.7. The Kier molecular flexibility index (Phi) is 7.90. The predicted octanol–water partition coefficient (Wildman–Crippen LogP) is 3.93. The van der Waals surface area contributed by atoms with Crippen LogP contribution < -0.4 is 10.2 Å². The van der Waals surface area contributed by atoms with Crippen LogP contribution in [0.15, 0.2) is 48.5 Å². The minimum atomic E-state index is -0.190. The predicted molar refractivity (Wildman–Crippen MR) is 147 cm³/mol. The van der Waals surface area contributed by atoms with E-state index in [9.17, 15) is 14.7 Å². The molecule has 1 aliphatic carbocycles. The molecule has 2 amide bonds. The van der Waals surface area contributed by atoms with E-state index in [1.54, 1.807) is 19.1 Å². The van der Waals surface area contributed by atoms with Crippen molar-refractivity contribution in [2.45, 2.75) is 51.0 Å². The maximum atomic E-state index is 13.1. The number of rotatable bonds is 6. The number of nitrogens with zero attached hydrogens (tertiary/aromatic N) is 2. The Morgan fingerprint density at radius 2 is 1.71 bits per heavy atom. The van der Waals surface area contributed by atoms with Gasteiger partial charge in [-0.25, -0.2) is 0 Å². The lowest BCUT2D eigenvalue weighted by molar-refractivity contribution is -0.122. The van der Waals surface area contributed by atoms with Crippen LogP contribution >= 0.6 is 0 Å². The number of hydrogen-bond donors (Lipinski definition) is 2. The molecule has 1 spiro atoms. The van der Waals surface area contributed by atoms with Gasteiger partial charge in [0.15, 0.2) is 0 Å². The van der Waals surface area contributed by atoms with E-state index in [0.717, 1.165) is 81.9 Å². The highest BCUT2D eigenvalue weighted by atomic mass is 16.5. The van der Waals surface area contributed by atoms with Gasteiger partial charge in [-0.15, -0.1) is 5.92 Å². The summed E-state index contributed by atoms with van der Waals surface area (Å²) in [5, 5.41) is 12.8. The smallest absolute Gasteiger partial charge is 0.253 e. The van der Waals surface area contributed by atoms with Crippen molar-refractivity contribution in [2.24, 2.45) is 5.41 Å². The van der Waals surface area contributed by atoms with Crippen LogP contribution in [0.3, 0.4) is 0 Å². The zero-order chi connectivity index (χ0) is 26.5. The van der Waals surface area contributed by atoms with Crippen LogP contribution in [0.2, 0.25) is 0 Å². The van der Waals surface area contributed by atoms with Crippen LogP contribution in [-0.2, 0) is 9.53 Å². The zero-order valence-electron chi connectivity index (χ0n) is 22.1. The molecule has 2 N–H and O–H groups in total. The van der Waals surface area contributed by atoms with Crippen molar-refractivity contribution in [1.29, 1.82) is 0 Å². The molecule has 2 saturated heterocycles. The van der Waals surface area contributed by atoms with Gasteiger partial charge in [0.2, 0.25) is 5.91 Å². The number of phenols is 1. The summed E-state index contributed by atoms with van der Waals surface area (Å²) < 4.78 is 5.43. The average molecular weight is 516 g/mol. The van der Waals surface area contributed by atoms with E-state index in [1.165, 1.54) is 0 Å². The molecule has 0 radical (unpaired) electrons. The maximum Gasteiger partial charge on any atom is 0.253 e. The van der Waals surface area contributed by atoms with Gasteiger partial charge in [-0.1, -0.05) is 18.1 Å². The molecule has 5 rings (SSSR count). The number of likely N-dealkylation sites (tertiary alicyclic amines) is 1. The van der Waals surface area contributed by atoms with E-state index >= 15 is 0 Å². The highest BCUT2D eigenvalue weighted by Crippen LogP contribution is 2.44. The van der Waals surface area contributed by atoms with Crippen molar-refractivity contribution < 1.29 is 19.4 Å². The van der Waals surface area contributed by atoms with E-state index in [2.05, 4.69) is 22.1 Å². The average Bonchev–Trinajstić information content (AvgIpc) is 2.93. The van der Waals surface area contributed by atoms with Crippen molar-refractivity contribution in [3.05, 3.63) is 59.7 Å². The summed E-state index contributed by atoms with van der Waals surface area (Å²) in [5.74, 6) is 6.19. The van der Waals surface area contributed by atoms with Gasteiger partial charge in [-0.2, -0.15) is 0 Å². The molecule has 0 bridgehead atoms. The number of benzene rings is 2. The van der Waals surface area contributed by atoms with Crippen LogP contribution in [0.1, 0.15) is 60.9 Å². The quantitative estimate of drug-likeness (QED) is 0.570. The molecule has 2 aliphatic heterocycles. The number of carbonyl (C=O) groups is 2. The molecule has 3 aliphatic rings. The van der Waals surface area contributed by atoms with Crippen molar-refractivity contribution in [3.63, 3.8) is 0 Å². The Bertz CT molecular complexity index is 1180. The molecule has 38 heavy (non-hydrogen) atoms. The van der Waals surface area contributed by atoms with Gasteiger partial charge in [-0.3, -0.25) is 9.59 Å². The Morgan fingerprint density at radius 3 is 2.34 bits per heavy atom. The second-order valence-electron chi connectivity index (χ2n) is 10.9. The van der Waals surface area contributed by atoms with Crippen LogP contribution in [-0.4, -0.2) is 67.3 Å². The topological polar surface area (TPSA) is 82.1 Å². The second kappa shape index (κ2) is 11.5. The SMILES string of the molecule is CC#C[C@@H](CC(=O)NC1CCC2(CC1)CN(C(=O)c1ccc(N3CCOCC3)cc1)C2)c1ccc(O)cc1. The van der Waals surface area contributed by atoms with E-state index in [4.69, 9.17) is 4.74 Å². The van der Waals surface area contributed by atoms with Gasteiger partial charge in [0.1, 0.15) is 5.75 Å². The molecule has 1 atom stereocenters. The number of nitrogens with one attached hydrogen (secondary N) is 1. The number of hydrogen-bond acceptors (Lipinski definition) is 5. The number of anilines is 1. The third-order valence-electron chi connectivity index (χ3n) is 8.25. The van der Waals surface area contributed by atoms with Gasteiger partial charge < -0.3 is 25.0 Å². The lowest BCUT2D eigenvalue weighted by Gasteiger charge is -2.53. The van der Waals surface area contributed by atoms with Gasteiger partial charge in [0.25, 0.3) is 5.91 Å². The largest absolute Gasteiger partial charge is 0.508 e. The number of carbonyl (C=O) groups excluding carboxylic acids is 2. The first kappa shape index (κ1) is 26.1. The number of ether oxygens (including phenoxy) is 1. The van der Waals surface area contributed by atoms with Crippen molar-refractivity contribution in [1.82, 2.24) is 10.2 Å². The number of aromatic hydroxyl groups is 1. The summed E-state index contributed by atoms with van der Waals surface area (Å²) >= 11 is 0. The molecule has 2 aromatic rings. The summed E-state index contributed by atoms with van der Waals surface area (Å²) in [5.41, 5.74) is 3.01. The van der Waals surface area contributed by atoms with E-state index in [1.807, 2.05) is 41.3 Å². The third kappa shape index (κ3) is 5.97. The molecule has 7 nitrogen and oxygen atoms in total. The third-order valence-corrected chi connectivity index (χ3v) is 8.25. The highest BCUT2D eigenvalue weighted by molar-refractivity contribution is 5.95.